The maximum Gasteiger partial charge on any atom is 0.191 e. The van der Waals surface area contributed by atoms with Crippen LogP contribution in [0.1, 0.15) is 43.3 Å². The van der Waals surface area contributed by atoms with Crippen molar-refractivity contribution < 1.29 is 14.6 Å². The van der Waals surface area contributed by atoms with E-state index >= 15 is 0 Å². The van der Waals surface area contributed by atoms with Crippen LogP contribution in [0.3, 0.4) is 0 Å². The van der Waals surface area contributed by atoms with Crippen molar-refractivity contribution in [3.05, 3.63) is 23.2 Å². The van der Waals surface area contributed by atoms with Gasteiger partial charge in [0.05, 0.1) is 12.6 Å². The molecule has 2 rings (SSSR count). The lowest BCUT2D eigenvalue weighted by atomic mass is 9.96. The highest BCUT2D eigenvalue weighted by Gasteiger charge is 2.28. The number of hydrogen-bond donors (Lipinski definition) is 4. The van der Waals surface area contributed by atoms with Crippen molar-refractivity contribution in [1.82, 2.24) is 10.6 Å². The van der Waals surface area contributed by atoms with Crippen LogP contribution in [0.15, 0.2) is 15.5 Å². The molecule has 1 saturated carbocycles. The van der Waals surface area contributed by atoms with Gasteiger partial charge in [-0.05, 0) is 39.7 Å². The minimum absolute atomic E-state index is 0. The summed E-state index contributed by atoms with van der Waals surface area (Å²) in [5, 5.41) is 26.9. The average molecular weight is 451 g/mol. The molecule has 0 amide bonds. The van der Waals surface area contributed by atoms with Crippen LogP contribution in [0, 0.1) is 19.8 Å². The second kappa shape index (κ2) is 9.05. The van der Waals surface area contributed by atoms with E-state index in [1.807, 2.05) is 19.9 Å². The molecule has 1 heterocycles. The number of furan rings is 1. The molecule has 6 nitrogen and oxygen atoms in total. The SMILES string of the molecule is CN=C(NCC1CCCC1O)NCC(C)(O)c1cc(C)oc1C.I. The van der Waals surface area contributed by atoms with Gasteiger partial charge in [-0.25, -0.2) is 0 Å². The van der Waals surface area contributed by atoms with E-state index in [4.69, 9.17) is 4.42 Å². The molecule has 4 N–H and O–H groups in total. The Labute approximate surface area is 161 Å². The number of guanidine groups is 1. The first kappa shape index (κ1) is 21.2. The first-order chi connectivity index (χ1) is 10.8. The van der Waals surface area contributed by atoms with Crippen LogP contribution in [0.25, 0.3) is 0 Å². The first-order valence-electron chi connectivity index (χ1n) is 8.26. The lowest BCUT2D eigenvalue weighted by molar-refractivity contribution is 0.0601. The van der Waals surface area contributed by atoms with Gasteiger partial charge < -0.3 is 25.3 Å². The number of hydrogen-bond acceptors (Lipinski definition) is 4. The summed E-state index contributed by atoms with van der Waals surface area (Å²) in [5.41, 5.74) is -0.268. The molecule has 3 unspecified atom stereocenters. The van der Waals surface area contributed by atoms with Crippen LogP contribution in [-0.4, -0.2) is 42.4 Å². The number of halogens is 1. The summed E-state index contributed by atoms with van der Waals surface area (Å²) in [7, 11) is 1.70. The number of aliphatic hydroxyl groups is 2. The van der Waals surface area contributed by atoms with Gasteiger partial charge in [0.2, 0.25) is 0 Å². The monoisotopic (exact) mass is 451 g/mol. The minimum atomic E-state index is -1.05. The van der Waals surface area contributed by atoms with Crippen molar-refractivity contribution in [3.63, 3.8) is 0 Å². The van der Waals surface area contributed by atoms with E-state index in [-0.39, 0.29) is 36.0 Å². The van der Waals surface area contributed by atoms with E-state index in [0.717, 1.165) is 36.3 Å². The Kier molecular flexibility index (Phi) is 8.01. The maximum atomic E-state index is 10.7. The molecule has 0 bridgehead atoms. The molecule has 1 fully saturated rings. The lowest BCUT2D eigenvalue weighted by Crippen LogP contribution is -2.46. The summed E-state index contributed by atoms with van der Waals surface area (Å²) in [6, 6.07) is 1.86. The van der Waals surface area contributed by atoms with Gasteiger partial charge in [-0.2, -0.15) is 0 Å². The predicted octanol–water partition coefficient (Wildman–Crippen LogP) is 2.05. The summed E-state index contributed by atoms with van der Waals surface area (Å²) in [6.45, 7) is 6.48. The van der Waals surface area contributed by atoms with Crippen LogP contribution < -0.4 is 10.6 Å². The van der Waals surface area contributed by atoms with Gasteiger partial charge in [0.1, 0.15) is 17.1 Å². The summed E-state index contributed by atoms with van der Waals surface area (Å²) < 4.78 is 5.50. The molecule has 1 aromatic heterocycles. The van der Waals surface area contributed by atoms with Crippen molar-refractivity contribution in [2.45, 2.75) is 51.7 Å². The molecule has 0 saturated heterocycles. The Bertz CT molecular complexity index is 557. The third kappa shape index (κ3) is 5.35. The first-order valence-corrected chi connectivity index (χ1v) is 8.26. The normalized spacial score (nSPS) is 23.5. The number of aryl methyl sites for hydroxylation is 2. The van der Waals surface area contributed by atoms with Crippen LogP contribution in [0.2, 0.25) is 0 Å². The minimum Gasteiger partial charge on any atom is -0.466 e. The number of aliphatic hydroxyl groups excluding tert-OH is 1. The highest BCUT2D eigenvalue weighted by atomic mass is 127. The molecule has 138 valence electrons. The average Bonchev–Trinajstić information content (AvgIpc) is 3.05. The zero-order valence-corrected chi connectivity index (χ0v) is 17.3. The largest absolute Gasteiger partial charge is 0.466 e. The molecule has 1 aliphatic carbocycles. The topological polar surface area (TPSA) is 90.0 Å². The van der Waals surface area contributed by atoms with Crippen molar-refractivity contribution in [1.29, 1.82) is 0 Å². The van der Waals surface area contributed by atoms with Crippen molar-refractivity contribution in [3.8, 4) is 0 Å². The van der Waals surface area contributed by atoms with E-state index in [9.17, 15) is 10.2 Å². The summed E-state index contributed by atoms with van der Waals surface area (Å²) in [6.07, 6.45) is 2.77. The predicted molar refractivity (Wildman–Crippen MR) is 106 cm³/mol. The molecular formula is C17H30IN3O3. The van der Waals surface area contributed by atoms with E-state index in [1.54, 1.807) is 14.0 Å². The van der Waals surface area contributed by atoms with Crippen LogP contribution >= 0.6 is 24.0 Å². The van der Waals surface area contributed by atoms with Crippen molar-refractivity contribution in [2.75, 3.05) is 20.1 Å². The molecular weight excluding hydrogens is 421 g/mol. The molecule has 0 aromatic carbocycles. The van der Waals surface area contributed by atoms with Crippen molar-refractivity contribution in [2.24, 2.45) is 10.9 Å². The van der Waals surface area contributed by atoms with E-state index in [1.165, 1.54) is 0 Å². The zero-order chi connectivity index (χ0) is 17.0. The Morgan fingerprint density at radius 3 is 2.58 bits per heavy atom. The molecule has 3 atom stereocenters. The highest BCUT2D eigenvalue weighted by Crippen LogP contribution is 2.26. The summed E-state index contributed by atoms with van der Waals surface area (Å²) >= 11 is 0. The molecule has 24 heavy (non-hydrogen) atoms. The third-order valence-corrected chi connectivity index (χ3v) is 4.60. The van der Waals surface area contributed by atoms with Gasteiger partial charge >= 0.3 is 0 Å². The Hall–Kier alpha value is -0.800. The molecule has 0 aliphatic heterocycles. The molecule has 0 spiro atoms. The fourth-order valence-electron chi connectivity index (χ4n) is 3.22. The standard InChI is InChI=1S/C17H29N3O3.HI/c1-11-8-14(12(2)23-11)17(3,22)10-20-16(18-4)19-9-13-6-5-7-15(13)21;/h8,13,15,21-22H,5-7,9-10H2,1-4H3,(H2,18,19,20);1H. The molecule has 7 heteroatoms. The van der Waals surface area contributed by atoms with Gasteiger partial charge in [0.15, 0.2) is 5.96 Å². The van der Waals surface area contributed by atoms with Crippen LogP contribution in [0.5, 0.6) is 0 Å². The van der Waals surface area contributed by atoms with Gasteiger partial charge in [-0.3, -0.25) is 4.99 Å². The van der Waals surface area contributed by atoms with Gasteiger partial charge in [-0.15, -0.1) is 24.0 Å². The van der Waals surface area contributed by atoms with E-state index in [2.05, 4.69) is 15.6 Å². The number of nitrogens with one attached hydrogen (secondary N) is 2. The number of nitrogens with zero attached hydrogens (tertiary/aromatic N) is 1. The molecule has 1 aliphatic rings. The van der Waals surface area contributed by atoms with E-state index in [0.29, 0.717) is 19.0 Å². The Balaban J connectivity index is 0.00000288. The second-order valence-electron chi connectivity index (χ2n) is 6.67. The third-order valence-electron chi connectivity index (χ3n) is 4.60. The quantitative estimate of drug-likeness (QED) is 0.313. The van der Waals surface area contributed by atoms with Gasteiger partial charge in [0.25, 0.3) is 0 Å². The lowest BCUT2D eigenvalue weighted by Gasteiger charge is -2.25. The fourth-order valence-corrected chi connectivity index (χ4v) is 3.22. The summed E-state index contributed by atoms with van der Waals surface area (Å²) in [4.78, 5) is 4.18. The smallest absolute Gasteiger partial charge is 0.191 e. The number of aliphatic imine (C=N–C) groups is 1. The fraction of sp³-hybridized carbons (Fsp3) is 0.706. The van der Waals surface area contributed by atoms with E-state index < -0.39 is 5.60 Å². The van der Waals surface area contributed by atoms with Crippen LogP contribution in [0.4, 0.5) is 0 Å². The zero-order valence-electron chi connectivity index (χ0n) is 14.9. The molecule has 1 aromatic rings. The number of rotatable bonds is 5. The highest BCUT2D eigenvalue weighted by molar-refractivity contribution is 14.0. The summed E-state index contributed by atoms with van der Waals surface area (Å²) in [5.74, 6) is 2.41. The molecule has 0 radical (unpaired) electrons. The van der Waals surface area contributed by atoms with Gasteiger partial charge in [-0.1, -0.05) is 6.42 Å². The Morgan fingerprint density at radius 1 is 1.38 bits per heavy atom. The van der Waals surface area contributed by atoms with Crippen LogP contribution in [-0.2, 0) is 5.60 Å². The maximum absolute atomic E-state index is 10.7. The second-order valence-corrected chi connectivity index (χ2v) is 6.67. The van der Waals surface area contributed by atoms with Crippen molar-refractivity contribution >= 4 is 29.9 Å². The Morgan fingerprint density at radius 2 is 2.08 bits per heavy atom. The van der Waals surface area contributed by atoms with Gasteiger partial charge in [0, 0.05) is 25.1 Å².